The number of carbonyl (C=O) groups is 2. The lowest BCUT2D eigenvalue weighted by molar-refractivity contribution is -0.139. The summed E-state index contributed by atoms with van der Waals surface area (Å²) in [5.41, 5.74) is 0.195. The fraction of sp³-hybridized carbons (Fsp3) is 0.0667. The standard InChI is InChI=1S/C15H11BrFNO3/c16-11-8-4-7-10(12(11)17)14(19)18-13(15(20)21)9-5-2-1-3-6-9/h1-8,13H,(H,18,19)(H,20,21). The summed E-state index contributed by atoms with van der Waals surface area (Å²) >= 11 is 2.98. The minimum Gasteiger partial charge on any atom is -0.479 e. The first-order valence-electron chi connectivity index (χ1n) is 6.03. The second-order valence-corrected chi connectivity index (χ2v) is 5.11. The number of halogens is 2. The van der Waals surface area contributed by atoms with Gasteiger partial charge in [-0.05, 0) is 33.6 Å². The van der Waals surface area contributed by atoms with E-state index in [9.17, 15) is 19.1 Å². The number of hydrogen-bond donors (Lipinski definition) is 2. The van der Waals surface area contributed by atoms with E-state index < -0.39 is 23.7 Å². The zero-order chi connectivity index (χ0) is 15.4. The molecule has 0 fully saturated rings. The first-order valence-corrected chi connectivity index (χ1v) is 6.82. The Kier molecular flexibility index (Phi) is 4.70. The van der Waals surface area contributed by atoms with E-state index in [1.165, 1.54) is 18.2 Å². The third kappa shape index (κ3) is 3.46. The largest absolute Gasteiger partial charge is 0.479 e. The highest BCUT2D eigenvalue weighted by Crippen LogP contribution is 2.20. The zero-order valence-corrected chi connectivity index (χ0v) is 12.3. The number of rotatable bonds is 4. The van der Waals surface area contributed by atoms with Crippen molar-refractivity contribution in [3.05, 3.63) is 69.9 Å². The van der Waals surface area contributed by atoms with Gasteiger partial charge in [-0.2, -0.15) is 0 Å². The van der Waals surface area contributed by atoms with Gasteiger partial charge < -0.3 is 10.4 Å². The van der Waals surface area contributed by atoms with Crippen LogP contribution in [0.25, 0.3) is 0 Å². The molecule has 6 heteroatoms. The van der Waals surface area contributed by atoms with Crippen molar-refractivity contribution in [2.45, 2.75) is 6.04 Å². The zero-order valence-electron chi connectivity index (χ0n) is 10.7. The molecule has 2 N–H and O–H groups in total. The van der Waals surface area contributed by atoms with Crippen molar-refractivity contribution < 1.29 is 19.1 Å². The monoisotopic (exact) mass is 351 g/mol. The molecule has 0 aliphatic rings. The summed E-state index contributed by atoms with van der Waals surface area (Å²) in [4.78, 5) is 23.4. The highest BCUT2D eigenvalue weighted by atomic mass is 79.9. The number of hydrogen-bond acceptors (Lipinski definition) is 2. The highest BCUT2D eigenvalue weighted by molar-refractivity contribution is 9.10. The summed E-state index contributed by atoms with van der Waals surface area (Å²) < 4.78 is 14.0. The SMILES string of the molecule is O=C(NC(C(=O)O)c1ccccc1)c1cccc(Br)c1F. The highest BCUT2D eigenvalue weighted by Gasteiger charge is 2.24. The summed E-state index contributed by atoms with van der Waals surface area (Å²) in [6.45, 7) is 0. The Morgan fingerprint density at radius 3 is 2.38 bits per heavy atom. The lowest BCUT2D eigenvalue weighted by atomic mass is 10.1. The maximum absolute atomic E-state index is 13.9. The van der Waals surface area contributed by atoms with Crippen LogP contribution in [0.15, 0.2) is 53.0 Å². The number of benzene rings is 2. The van der Waals surface area contributed by atoms with E-state index in [0.717, 1.165) is 0 Å². The third-order valence-electron chi connectivity index (χ3n) is 2.85. The summed E-state index contributed by atoms with van der Waals surface area (Å²) in [6, 6.07) is 11.2. The molecule has 0 bridgehead atoms. The number of carboxylic acids is 1. The molecule has 0 aliphatic carbocycles. The Balaban J connectivity index is 2.28. The van der Waals surface area contributed by atoms with Crippen molar-refractivity contribution in [3.8, 4) is 0 Å². The first kappa shape index (κ1) is 15.2. The molecule has 2 rings (SSSR count). The van der Waals surface area contributed by atoms with Gasteiger partial charge in [0, 0.05) is 0 Å². The van der Waals surface area contributed by atoms with Crippen LogP contribution in [0.4, 0.5) is 4.39 Å². The van der Waals surface area contributed by atoms with Crippen LogP contribution in [0.5, 0.6) is 0 Å². The molecule has 2 aromatic carbocycles. The molecule has 4 nitrogen and oxygen atoms in total. The van der Waals surface area contributed by atoms with Gasteiger partial charge in [0.15, 0.2) is 6.04 Å². The van der Waals surface area contributed by atoms with Gasteiger partial charge in [0.2, 0.25) is 0 Å². The lowest BCUT2D eigenvalue weighted by Crippen LogP contribution is -2.34. The van der Waals surface area contributed by atoms with Crippen molar-refractivity contribution in [1.82, 2.24) is 5.32 Å². The van der Waals surface area contributed by atoms with E-state index in [1.54, 1.807) is 30.3 Å². The first-order chi connectivity index (χ1) is 10.0. The molecule has 0 saturated heterocycles. The van der Waals surface area contributed by atoms with Gasteiger partial charge in [0.05, 0.1) is 10.0 Å². The fourth-order valence-electron chi connectivity index (χ4n) is 1.82. The summed E-state index contributed by atoms with van der Waals surface area (Å²) in [6.07, 6.45) is 0. The van der Waals surface area contributed by atoms with Crippen molar-refractivity contribution in [3.63, 3.8) is 0 Å². The molecule has 1 amide bonds. The molecular formula is C15H11BrFNO3. The van der Waals surface area contributed by atoms with Crippen molar-refractivity contribution >= 4 is 27.8 Å². The summed E-state index contributed by atoms with van der Waals surface area (Å²) in [7, 11) is 0. The molecule has 0 saturated carbocycles. The minimum absolute atomic E-state index is 0.140. The van der Waals surface area contributed by atoms with Gasteiger partial charge in [0.25, 0.3) is 5.91 Å². The Hall–Kier alpha value is -2.21. The van der Waals surface area contributed by atoms with Crippen LogP contribution in [0.2, 0.25) is 0 Å². The van der Waals surface area contributed by atoms with Gasteiger partial charge in [-0.3, -0.25) is 4.79 Å². The second kappa shape index (κ2) is 6.49. The summed E-state index contributed by atoms with van der Waals surface area (Å²) in [5.74, 6) is -2.73. The Bertz CT molecular complexity index is 676. The minimum atomic E-state index is -1.24. The van der Waals surface area contributed by atoms with Crippen LogP contribution in [-0.2, 0) is 4.79 Å². The average Bonchev–Trinajstić information content (AvgIpc) is 2.48. The maximum Gasteiger partial charge on any atom is 0.330 e. The quantitative estimate of drug-likeness (QED) is 0.889. The van der Waals surface area contributed by atoms with Gasteiger partial charge >= 0.3 is 5.97 Å². The molecule has 108 valence electrons. The van der Waals surface area contributed by atoms with Gasteiger partial charge in [-0.25, -0.2) is 9.18 Å². The molecule has 0 aliphatic heterocycles. The number of carbonyl (C=O) groups excluding carboxylic acids is 1. The number of carboxylic acid groups (broad SMARTS) is 1. The molecule has 2 aromatic rings. The molecule has 1 atom stereocenters. The molecule has 1 unspecified atom stereocenters. The smallest absolute Gasteiger partial charge is 0.330 e. The Morgan fingerprint density at radius 2 is 1.76 bits per heavy atom. The Morgan fingerprint density at radius 1 is 1.10 bits per heavy atom. The second-order valence-electron chi connectivity index (χ2n) is 4.26. The molecule has 21 heavy (non-hydrogen) atoms. The molecule has 0 spiro atoms. The molecule has 0 aromatic heterocycles. The van der Waals surface area contributed by atoms with Crippen molar-refractivity contribution in [2.24, 2.45) is 0 Å². The van der Waals surface area contributed by atoms with Crippen LogP contribution < -0.4 is 5.32 Å². The molecule has 0 heterocycles. The molecular weight excluding hydrogens is 341 g/mol. The molecule has 0 radical (unpaired) electrons. The van der Waals surface area contributed by atoms with Crippen LogP contribution in [0, 0.1) is 5.82 Å². The average molecular weight is 352 g/mol. The lowest BCUT2D eigenvalue weighted by Gasteiger charge is -2.15. The van der Waals surface area contributed by atoms with E-state index in [0.29, 0.717) is 5.56 Å². The number of aliphatic carboxylic acids is 1. The van der Waals surface area contributed by atoms with E-state index in [-0.39, 0.29) is 10.0 Å². The van der Waals surface area contributed by atoms with Crippen molar-refractivity contribution in [2.75, 3.05) is 0 Å². The van der Waals surface area contributed by atoms with Crippen molar-refractivity contribution in [1.29, 1.82) is 0 Å². The van der Waals surface area contributed by atoms with Gasteiger partial charge in [0.1, 0.15) is 5.82 Å². The predicted octanol–water partition coefficient (Wildman–Crippen LogP) is 3.14. The van der Waals surface area contributed by atoms with E-state index in [4.69, 9.17) is 0 Å². The van der Waals surface area contributed by atoms with Crippen LogP contribution in [0.1, 0.15) is 22.0 Å². The third-order valence-corrected chi connectivity index (χ3v) is 3.46. The number of nitrogens with one attached hydrogen (secondary N) is 1. The fourth-order valence-corrected chi connectivity index (χ4v) is 2.19. The van der Waals surface area contributed by atoms with Crippen LogP contribution in [-0.4, -0.2) is 17.0 Å². The van der Waals surface area contributed by atoms with Crippen LogP contribution >= 0.6 is 15.9 Å². The topological polar surface area (TPSA) is 66.4 Å². The van der Waals surface area contributed by atoms with E-state index in [1.807, 2.05) is 0 Å². The van der Waals surface area contributed by atoms with Crippen LogP contribution in [0.3, 0.4) is 0 Å². The normalized spacial score (nSPS) is 11.7. The maximum atomic E-state index is 13.9. The number of amides is 1. The Labute approximate surface area is 128 Å². The van der Waals surface area contributed by atoms with E-state index >= 15 is 0 Å². The van der Waals surface area contributed by atoms with Gasteiger partial charge in [-0.15, -0.1) is 0 Å². The van der Waals surface area contributed by atoms with Gasteiger partial charge in [-0.1, -0.05) is 36.4 Å². The van der Waals surface area contributed by atoms with E-state index in [2.05, 4.69) is 21.2 Å². The summed E-state index contributed by atoms with van der Waals surface area (Å²) in [5, 5.41) is 11.5. The predicted molar refractivity (Wildman–Crippen MR) is 78.4 cm³/mol.